The highest BCUT2D eigenvalue weighted by atomic mass is 16.6. The molecule has 1 aromatic heterocycles. The molecule has 0 spiro atoms. The maximum Gasteiger partial charge on any atom is 0.407 e. The summed E-state index contributed by atoms with van der Waals surface area (Å²) in [6.45, 7) is 5.62. The lowest BCUT2D eigenvalue weighted by atomic mass is 9.91. The summed E-state index contributed by atoms with van der Waals surface area (Å²) in [6, 6.07) is 20.2. The van der Waals surface area contributed by atoms with Crippen molar-refractivity contribution in [2.24, 2.45) is 0 Å². The zero-order chi connectivity index (χ0) is 30.0. The molecule has 42 heavy (non-hydrogen) atoms. The van der Waals surface area contributed by atoms with Gasteiger partial charge in [-0.3, -0.25) is 14.9 Å². The molecule has 1 aliphatic carbocycles. The minimum Gasteiger partial charge on any atom is -0.444 e. The van der Waals surface area contributed by atoms with Crippen molar-refractivity contribution in [3.05, 3.63) is 87.6 Å². The van der Waals surface area contributed by atoms with Crippen molar-refractivity contribution in [3.63, 3.8) is 0 Å². The van der Waals surface area contributed by atoms with Crippen LogP contribution < -0.4 is 10.6 Å². The predicted octanol–water partition coefficient (Wildman–Crippen LogP) is 6.19. The number of alkyl carbamates (subject to hydrolysis) is 1. The Kier molecular flexibility index (Phi) is 7.85. The molecular weight excluding hydrogens is 534 g/mol. The molecule has 3 aromatic carbocycles. The summed E-state index contributed by atoms with van der Waals surface area (Å²) in [5, 5.41) is 30.2. The van der Waals surface area contributed by atoms with Gasteiger partial charge < -0.3 is 19.9 Å². The first kappa shape index (κ1) is 28.6. The van der Waals surface area contributed by atoms with E-state index in [0.29, 0.717) is 42.1 Å². The minimum absolute atomic E-state index is 0.0490. The Labute approximate surface area is 243 Å². The fraction of sp³-hybridized carbons (Fsp3) is 0.344. The van der Waals surface area contributed by atoms with E-state index in [-0.39, 0.29) is 30.0 Å². The Morgan fingerprint density at radius 3 is 2.33 bits per heavy atom. The number of carbonyl (C=O) groups is 2. The van der Waals surface area contributed by atoms with Crippen molar-refractivity contribution in [3.8, 4) is 6.07 Å². The van der Waals surface area contributed by atoms with Gasteiger partial charge >= 0.3 is 11.8 Å². The van der Waals surface area contributed by atoms with Crippen LogP contribution in [0.1, 0.15) is 68.1 Å². The standard InChI is InChI=1S/C32H33N5O5/c1-32(2,3)42-31(39)35-24-14-12-23(13-15-24)34-30(38)29-28(37(40)41)26-16-11-20(18-33)17-27(26)36(29)19-22-9-6-8-21-7-4-5-10-25(21)22/h4-11,16-17,23-24H,12-15,19H2,1-3H3,(H,34,38)(H,35,39)/t23-,24-. The van der Waals surface area contributed by atoms with E-state index in [1.807, 2.05) is 42.5 Å². The van der Waals surface area contributed by atoms with Gasteiger partial charge in [0.1, 0.15) is 5.60 Å². The Bertz CT molecular complexity index is 1720. The molecule has 5 rings (SSSR count). The zero-order valence-corrected chi connectivity index (χ0v) is 23.8. The van der Waals surface area contributed by atoms with Gasteiger partial charge in [-0.15, -0.1) is 0 Å². The van der Waals surface area contributed by atoms with Gasteiger partial charge in [0, 0.05) is 18.6 Å². The number of benzene rings is 3. The number of aromatic nitrogens is 1. The van der Waals surface area contributed by atoms with E-state index < -0.39 is 22.5 Å². The predicted molar refractivity (Wildman–Crippen MR) is 159 cm³/mol. The van der Waals surface area contributed by atoms with Crippen LogP contribution in [0, 0.1) is 21.4 Å². The summed E-state index contributed by atoms with van der Waals surface area (Å²) in [5.41, 5.74) is 0.758. The lowest BCUT2D eigenvalue weighted by molar-refractivity contribution is -0.383. The molecule has 0 atom stereocenters. The highest BCUT2D eigenvalue weighted by Crippen LogP contribution is 2.35. The Morgan fingerprint density at radius 1 is 1.00 bits per heavy atom. The van der Waals surface area contributed by atoms with E-state index >= 15 is 0 Å². The minimum atomic E-state index is -0.595. The number of nitrogens with one attached hydrogen (secondary N) is 2. The average Bonchev–Trinajstić information content (AvgIpc) is 3.27. The fourth-order valence-electron chi connectivity index (χ4n) is 5.69. The molecule has 1 saturated carbocycles. The van der Waals surface area contributed by atoms with Crippen molar-refractivity contribution >= 4 is 39.4 Å². The van der Waals surface area contributed by atoms with Gasteiger partial charge in [-0.25, -0.2) is 4.79 Å². The van der Waals surface area contributed by atoms with Crippen LogP contribution in [0.15, 0.2) is 60.7 Å². The number of hydrogen-bond acceptors (Lipinski definition) is 6. The molecule has 216 valence electrons. The summed E-state index contributed by atoms with van der Waals surface area (Å²) in [5.74, 6) is -0.541. The number of carbonyl (C=O) groups excluding carboxylic acids is 2. The number of nitriles is 1. The van der Waals surface area contributed by atoms with E-state index in [1.165, 1.54) is 12.1 Å². The van der Waals surface area contributed by atoms with E-state index in [2.05, 4.69) is 16.7 Å². The monoisotopic (exact) mass is 567 g/mol. The topological polar surface area (TPSA) is 139 Å². The summed E-state index contributed by atoms with van der Waals surface area (Å²) in [4.78, 5) is 37.9. The second-order valence-electron chi connectivity index (χ2n) is 11.7. The molecule has 2 amide bonds. The molecule has 10 heteroatoms. The van der Waals surface area contributed by atoms with Crippen LogP contribution >= 0.6 is 0 Å². The smallest absolute Gasteiger partial charge is 0.407 e. The average molecular weight is 568 g/mol. The number of nitrogens with zero attached hydrogens (tertiary/aromatic N) is 3. The van der Waals surface area contributed by atoms with Gasteiger partial charge in [-0.2, -0.15) is 5.26 Å². The number of nitro groups is 1. The van der Waals surface area contributed by atoms with Gasteiger partial charge in [0.2, 0.25) is 0 Å². The number of amides is 2. The first-order valence-electron chi connectivity index (χ1n) is 14.0. The Morgan fingerprint density at radius 2 is 1.67 bits per heavy atom. The van der Waals surface area contributed by atoms with Gasteiger partial charge in [0.25, 0.3) is 5.91 Å². The fourth-order valence-corrected chi connectivity index (χ4v) is 5.69. The number of fused-ring (bicyclic) bond motifs is 2. The zero-order valence-electron chi connectivity index (χ0n) is 23.8. The molecule has 1 fully saturated rings. The third-order valence-corrected chi connectivity index (χ3v) is 7.56. The maximum atomic E-state index is 13.9. The lowest BCUT2D eigenvalue weighted by Gasteiger charge is -2.30. The van der Waals surface area contributed by atoms with Gasteiger partial charge in [-0.1, -0.05) is 42.5 Å². The molecule has 1 aliphatic rings. The Balaban J connectivity index is 1.45. The third-order valence-electron chi connectivity index (χ3n) is 7.56. The van der Waals surface area contributed by atoms with Crippen LogP contribution in [0.25, 0.3) is 21.7 Å². The van der Waals surface area contributed by atoms with E-state index in [9.17, 15) is 25.0 Å². The molecule has 10 nitrogen and oxygen atoms in total. The first-order chi connectivity index (χ1) is 20.0. The van der Waals surface area contributed by atoms with Gasteiger partial charge in [-0.05, 0) is 81.0 Å². The van der Waals surface area contributed by atoms with Crippen LogP contribution in [0.3, 0.4) is 0 Å². The molecule has 1 heterocycles. The summed E-state index contributed by atoms with van der Waals surface area (Å²) in [6.07, 6.45) is 2.00. The first-order valence-corrected chi connectivity index (χ1v) is 14.0. The van der Waals surface area contributed by atoms with Crippen LogP contribution in [-0.4, -0.2) is 39.2 Å². The van der Waals surface area contributed by atoms with Crippen molar-refractivity contribution < 1.29 is 19.2 Å². The van der Waals surface area contributed by atoms with Crippen LogP contribution in [0.4, 0.5) is 10.5 Å². The molecule has 0 saturated heterocycles. The molecule has 0 unspecified atom stereocenters. The van der Waals surface area contributed by atoms with Crippen LogP contribution in [-0.2, 0) is 11.3 Å². The molecule has 0 bridgehead atoms. The van der Waals surface area contributed by atoms with Gasteiger partial charge in [0.15, 0.2) is 5.69 Å². The summed E-state index contributed by atoms with van der Waals surface area (Å²) in [7, 11) is 0. The van der Waals surface area contributed by atoms with Gasteiger partial charge in [0.05, 0.1) is 27.5 Å². The second kappa shape index (κ2) is 11.5. The Hall–Kier alpha value is -4.91. The maximum absolute atomic E-state index is 13.9. The van der Waals surface area contributed by atoms with E-state index in [4.69, 9.17) is 4.74 Å². The van der Waals surface area contributed by atoms with Crippen molar-refractivity contribution in [1.29, 1.82) is 5.26 Å². The summed E-state index contributed by atoms with van der Waals surface area (Å²) < 4.78 is 7.01. The number of rotatable bonds is 6. The number of ether oxygens (including phenoxy) is 1. The van der Waals surface area contributed by atoms with E-state index in [1.54, 1.807) is 31.4 Å². The SMILES string of the molecule is CC(C)(C)OC(=O)N[C@H]1CC[C@H](NC(=O)c2c([N+](=O)[O-])c3ccc(C#N)cc3n2Cc2cccc3ccccc23)CC1. The molecule has 0 radical (unpaired) electrons. The molecule has 0 aliphatic heterocycles. The quantitative estimate of drug-likeness (QED) is 0.210. The van der Waals surface area contributed by atoms with Crippen molar-refractivity contribution in [1.82, 2.24) is 15.2 Å². The molecule has 2 N–H and O–H groups in total. The highest BCUT2D eigenvalue weighted by molar-refractivity contribution is 6.07. The normalized spacial score (nSPS) is 17.0. The molecule has 4 aromatic rings. The largest absolute Gasteiger partial charge is 0.444 e. The van der Waals surface area contributed by atoms with Crippen LogP contribution in [0.5, 0.6) is 0 Å². The summed E-state index contributed by atoms with van der Waals surface area (Å²) >= 11 is 0. The third kappa shape index (κ3) is 6.05. The van der Waals surface area contributed by atoms with Crippen LogP contribution in [0.2, 0.25) is 0 Å². The highest BCUT2D eigenvalue weighted by Gasteiger charge is 2.33. The molecular formula is C32H33N5O5. The second-order valence-corrected chi connectivity index (χ2v) is 11.7. The van der Waals surface area contributed by atoms with Crippen molar-refractivity contribution in [2.75, 3.05) is 0 Å². The van der Waals surface area contributed by atoms with E-state index in [0.717, 1.165) is 16.3 Å². The van der Waals surface area contributed by atoms with Crippen molar-refractivity contribution in [2.45, 2.75) is 70.7 Å². The lowest BCUT2D eigenvalue weighted by Crippen LogP contribution is -2.45. The number of hydrogen-bond donors (Lipinski definition) is 2.